The first-order chi connectivity index (χ1) is 10.2. The van der Waals surface area contributed by atoms with Crippen LogP contribution in [0.15, 0.2) is 18.2 Å². The molecule has 0 aromatic heterocycles. The van der Waals surface area contributed by atoms with Crippen LogP contribution in [0.3, 0.4) is 0 Å². The van der Waals surface area contributed by atoms with Crippen LogP contribution in [0.25, 0.3) is 0 Å². The summed E-state index contributed by atoms with van der Waals surface area (Å²) < 4.78 is 5.65. The molecule has 1 N–H and O–H groups in total. The molecule has 1 aromatic rings. The number of amides is 1. The first kappa shape index (κ1) is 19.1. The van der Waals surface area contributed by atoms with Gasteiger partial charge < -0.3 is 10.1 Å². The Kier molecular flexibility index (Phi) is 7.46. The summed E-state index contributed by atoms with van der Waals surface area (Å²) in [5.74, 6) is 0.492. The monoisotopic (exact) mass is 346 g/mol. The lowest BCUT2D eigenvalue weighted by atomic mass is 10.1. The second kappa shape index (κ2) is 8.61. The van der Waals surface area contributed by atoms with Crippen LogP contribution >= 0.6 is 23.2 Å². The van der Waals surface area contributed by atoms with E-state index >= 15 is 0 Å². The summed E-state index contributed by atoms with van der Waals surface area (Å²) in [5, 5.41) is 3.92. The Balaban J connectivity index is 2.46. The average Bonchev–Trinajstić information content (AvgIpc) is 2.38. The molecular weight excluding hydrogens is 323 g/mol. The molecule has 0 spiro atoms. The molecule has 0 radical (unpaired) electrons. The maximum Gasteiger partial charge on any atom is 0.234 e. The molecule has 1 amide bonds. The zero-order valence-electron chi connectivity index (χ0n) is 13.6. The number of halogens is 2. The van der Waals surface area contributed by atoms with E-state index in [2.05, 4.69) is 5.32 Å². The van der Waals surface area contributed by atoms with Gasteiger partial charge >= 0.3 is 0 Å². The van der Waals surface area contributed by atoms with Crippen LogP contribution < -0.4 is 10.1 Å². The molecule has 0 fully saturated rings. The minimum Gasteiger partial charge on any atom is -0.489 e. The quantitative estimate of drug-likeness (QED) is 0.819. The number of ether oxygens (including phenoxy) is 1. The Labute approximate surface area is 142 Å². The first-order valence-corrected chi connectivity index (χ1v) is 8.08. The number of carbonyl (C=O) groups is 1. The van der Waals surface area contributed by atoms with Crippen LogP contribution in [0, 0.1) is 0 Å². The van der Waals surface area contributed by atoms with Crippen molar-refractivity contribution in [2.24, 2.45) is 0 Å². The van der Waals surface area contributed by atoms with Crippen LogP contribution in [0.5, 0.6) is 5.75 Å². The molecule has 1 aromatic carbocycles. The summed E-state index contributed by atoms with van der Waals surface area (Å²) >= 11 is 12.1. The van der Waals surface area contributed by atoms with Gasteiger partial charge in [0.2, 0.25) is 5.91 Å². The minimum atomic E-state index is -0.224. The number of hydrogen-bond acceptors (Lipinski definition) is 3. The van der Waals surface area contributed by atoms with Crippen molar-refractivity contribution in [1.29, 1.82) is 0 Å². The van der Waals surface area contributed by atoms with E-state index in [1.807, 2.05) is 32.6 Å². The molecule has 0 saturated heterocycles. The second-order valence-electron chi connectivity index (χ2n) is 6.07. The van der Waals surface area contributed by atoms with E-state index in [1.54, 1.807) is 18.2 Å². The highest BCUT2D eigenvalue weighted by molar-refractivity contribution is 6.37. The molecule has 0 aliphatic heterocycles. The van der Waals surface area contributed by atoms with E-state index < -0.39 is 0 Å². The Morgan fingerprint density at radius 2 is 1.86 bits per heavy atom. The van der Waals surface area contributed by atoms with Crippen LogP contribution in [-0.4, -0.2) is 42.6 Å². The topological polar surface area (TPSA) is 41.6 Å². The van der Waals surface area contributed by atoms with Crippen molar-refractivity contribution >= 4 is 29.1 Å². The standard InChI is InChI=1S/C16H24Cl2N2O2/c1-5-20(11-14(21)19-16(2,3)4)9-10-22-15-12(17)7-6-8-13(15)18/h6-8H,5,9-11H2,1-4H3,(H,19,21). The molecule has 0 aliphatic carbocycles. The smallest absolute Gasteiger partial charge is 0.234 e. The third-order valence-electron chi connectivity index (χ3n) is 2.90. The van der Waals surface area contributed by atoms with Gasteiger partial charge in [-0.15, -0.1) is 0 Å². The molecule has 0 unspecified atom stereocenters. The molecule has 22 heavy (non-hydrogen) atoms. The van der Waals surface area contributed by atoms with Crippen molar-refractivity contribution in [2.75, 3.05) is 26.2 Å². The minimum absolute atomic E-state index is 0.00475. The van der Waals surface area contributed by atoms with E-state index in [4.69, 9.17) is 27.9 Å². The number of nitrogens with zero attached hydrogens (tertiary/aromatic N) is 1. The summed E-state index contributed by atoms with van der Waals surface area (Å²) in [5.41, 5.74) is -0.224. The predicted molar refractivity (Wildman–Crippen MR) is 92.0 cm³/mol. The Bertz CT molecular complexity index is 481. The van der Waals surface area contributed by atoms with Crippen LogP contribution in [0.2, 0.25) is 10.0 Å². The van der Waals surface area contributed by atoms with Gasteiger partial charge in [-0.2, -0.15) is 0 Å². The summed E-state index contributed by atoms with van der Waals surface area (Å²) in [7, 11) is 0. The van der Waals surface area contributed by atoms with Gasteiger partial charge in [-0.05, 0) is 39.4 Å². The lowest BCUT2D eigenvalue weighted by molar-refractivity contribution is -0.123. The van der Waals surface area contributed by atoms with E-state index in [0.717, 1.165) is 6.54 Å². The number of likely N-dealkylation sites (N-methyl/N-ethyl adjacent to an activating group) is 1. The van der Waals surface area contributed by atoms with Crippen LogP contribution in [-0.2, 0) is 4.79 Å². The number of benzene rings is 1. The van der Waals surface area contributed by atoms with E-state index in [1.165, 1.54) is 0 Å². The number of hydrogen-bond donors (Lipinski definition) is 1. The highest BCUT2D eigenvalue weighted by atomic mass is 35.5. The van der Waals surface area contributed by atoms with Gasteiger partial charge in [0.05, 0.1) is 16.6 Å². The molecule has 4 nitrogen and oxygen atoms in total. The third kappa shape index (κ3) is 6.86. The molecule has 0 saturated carbocycles. The lowest BCUT2D eigenvalue weighted by Crippen LogP contribution is -2.46. The van der Waals surface area contributed by atoms with Gasteiger partial charge in [-0.3, -0.25) is 9.69 Å². The molecule has 0 atom stereocenters. The van der Waals surface area contributed by atoms with Gasteiger partial charge in [-0.1, -0.05) is 36.2 Å². The molecule has 0 heterocycles. The third-order valence-corrected chi connectivity index (χ3v) is 3.50. The second-order valence-corrected chi connectivity index (χ2v) is 6.88. The highest BCUT2D eigenvalue weighted by Gasteiger charge is 2.16. The maximum atomic E-state index is 11.9. The van der Waals surface area contributed by atoms with Crippen molar-refractivity contribution in [1.82, 2.24) is 10.2 Å². The largest absolute Gasteiger partial charge is 0.489 e. The van der Waals surface area contributed by atoms with Crippen molar-refractivity contribution in [3.05, 3.63) is 28.2 Å². The van der Waals surface area contributed by atoms with E-state index in [0.29, 0.717) is 35.5 Å². The average molecular weight is 347 g/mol. The number of para-hydroxylation sites is 1. The molecule has 0 aliphatic rings. The first-order valence-electron chi connectivity index (χ1n) is 7.33. The summed E-state index contributed by atoms with van der Waals surface area (Å²) in [4.78, 5) is 13.9. The zero-order chi connectivity index (χ0) is 16.8. The fraction of sp³-hybridized carbons (Fsp3) is 0.562. The van der Waals surface area contributed by atoms with Crippen molar-refractivity contribution in [3.63, 3.8) is 0 Å². The lowest BCUT2D eigenvalue weighted by Gasteiger charge is -2.25. The fourth-order valence-electron chi connectivity index (χ4n) is 1.91. The number of rotatable bonds is 7. The number of nitrogens with one attached hydrogen (secondary N) is 1. The van der Waals surface area contributed by atoms with Crippen LogP contribution in [0.4, 0.5) is 0 Å². The molecule has 1 rings (SSSR count). The molecule has 6 heteroatoms. The van der Waals surface area contributed by atoms with Crippen molar-refractivity contribution < 1.29 is 9.53 Å². The Morgan fingerprint density at radius 3 is 2.36 bits per heavy atom. The van der Waals surface area contributed by atoms with E-state index in [-0.39, 0.29) is 11.4 Å². The van der Waals surface area contributed by atoms with Gasteiger partial charge in [0.15, 0.2) is 5.75 Å². The highest BCUT2D eigenvalue weighted by Crippen LogP contribution is 2.32. The Hall–Kier alpha value is -0.970. The van der Waals surface area contributed by atoms with Crippen LogP contribution in [0.1, 0.15) is 27.7 Å². The molecular formula is C16H24Cl2N2O2. The normalized spacial score (nSPS) is 11.6. The zero-order valence-corrected chi connectivity index (χ0v) is 15.1. The van der Waals surface area contributed by atoms with Gasteiger partial charge in [0.25, 0.3) is 0 Å². The fourth-order valence-corrected chi connectivity index (χ4v) is 2.41. The number of carbonyl (C=O) groups excluding carboxylic acids is 1. The Morgan fingerprint density at radius 1 is 1.27 bits per heavy atom. The summed E-state index contributed by atoms with van der Waals surface area (Å²) in [6, 6.07) is 5.24. The van der Waals surface area contributed by atoms with Crippen molar-refractivity contribution in [2.45, 2.75) is 33.2 Å². The van der Waals surface area contributed by atoms with Gasteiger partial charge in [0.1, 0.15) is 6.61 Å². The molecule has 0 bridgehead atoms. The summed E-state index contributed by atoms with van der Waals surface area (Å²) in [6.45, 7) is 10.0. The molecule has 124 valence electrons. The van der Waals surface area contributed by atoms with E-state index in [9.17, 15) is 4.79 Å². The van der Waals surface area contributed by atoms with Gasteiger partial charge in [0, 0.05) is 12.1 Å². The maximum absolute atomic E-state index is 11.9. The van der Waals surface area contributed by atoms with Gasteiger partial charge in [-0.25, -0.2) is 0 Å². The SMILES string of the molecule is CCN(CCOc1c(Cl)cccc1Cl)CC(=O)NC(C)(C)C. The summed E-state index contributed by atoms with van der Waals surface area (Å²) in [6.07, 6.45) is 0. The predicted octanol–water partition coefficient (Wildman–Crippen LogP) is 3.61. The van der Waals surface area contributed by atoms with Crippen molar-refractivity contribution in [3.8, 4) is 5.75 Å².